The van der Waals surface area contributed by atoms with Crippen LogP contribution in [0.4, 0.5) is 4.39 Å². The molecule has 0 aliphatic carbocycles. The Labute approximate surface area is 100 Å². The molecule has 0 saturated carbocycles. The van der Waals surface area contributed by atoms with E-state index in [0.29, 0.717) is 6.42 Å². The molecule has 1 aromatic carbocycles. The summed E-state index contributed by atoms with van der Waals surface area (Å²) in [5.41, 5.74) is 9.18. The zero-order chi connectivity index (χ0) is 12.3. The largest absolute Gasteiger partial charge is 0.324 e. The molecule has 0 bridgehead atoms. The summed E-state index contributed by atoms with van der Waals surface area (Å²) in [7, 11) is 0. The Bertz CT molecular complexity index is 497. The molecular formula is C14H15FN2. The average Bonchev–Trinajstić information content (AvgIpc) is 2.34. The monoisotopic (exact) mass is 230 g/mol. The normalized spacial score (nSPS) is 12.4. The second-order valence-corrected chi connectivity index (χ2v) is 4.16. The van der Waals surface area contributed by atoms with Crippen LogP contribution in [0.25, 0.3) is 0 Å². The third kappa shape index (κ3) is 2.88. The number of halogens is 1. The minimum atomic E-state index is -0.205. The van der Waals surface area contributed by atoms with E-state index in [4.69, 9.17) is 5.73 Å². The molecule has 0 saturated heterocycles. The third-order valence-electron chi connectivity index (χ3n) is 2.88. The SMILES string of the molecule is Cc1cc(F)ccc1CC(N)c1ccncc1. The van der Waals surface area contributed by atoms with Crippen LogP contribution in [0.1, 0.15) is 22.7 Å². The van der Waals surface area contributed by atoms with Crippen LogP contribution in [0.5, 0.6) is 0 Å². The first-order valence-electron chi connectivity index (χ1n) is 5.57. The molecule has 0 aliphatic heterocycles. The lowest BCUT2D eigenvalue weighted by Crippen LogP contribution is -2.14. The van der Waals surface area contributed by atoms with Crippen LogP contribution in [0.3, 0.4) is 0 Å². The predicted octanol–water partition coefficient (Wildman–Crippen LogP) is 2.77. The fourth-order valence-corrected chi connectivity index (χ4v) is 1.85. The summed E-state index contributed by atoms with van der Waals surface area (Å²) in [6.07, 6.45) is 4.16. The van der Waals surface area contributed by atoms with Gasteiger partial charge in [0.2, 0.25) is 0 Å². The van der Waals surface area contributed by atoms with Crippen molar-refractivity contribution >= 4 is 0 Å². The van der Waals surface area contributed by atoms with Crippen LogP contribution >= 0.6 is 0 Å². The lowest BCUT2D eigenvalue weighted by molar-refractivity contribution is 0.624. The highest BCUT2D eigenvalue weighted by Gasteiger charge is 2.08. The van der Waals surface area contributed by atoms with Gasteiger partial charge < -0.3 is 5.73 Å². The van der Waals surface area contributed by atoms with Crippen LogP contribution in [-0.4, -0.2) is 4.98 Å². The van der Waals surface area contributed by atoms with E-state index < -0.39 is 0 Å². The van der Waals surface area contributed by atoms with Crippen molar-refractivity contribution in [2.45, 2.75) is 19.4 Å². The Morgan fingerprint density at radius 2 is 1.94 bits per heavy atom. The van der Waals surface area contributed by atoms with E-state index in [1.807, 2.05) is 19.1 Å². The summed E-state index contributed by atoms with van der Waals surface area (Å²) in [5, 5.41) is 0. The minimum Gasteiger partial charge on any atom is -0.324 e. The highest BCUT2D eigenvalue weighted by Crippen LogP contribution is 2.18. The Morgan fingerprint density at radius 1 is 1.24 bits per heavy atom. The van der Waals surface area contributed by atoms with Gasteiger partial charge in [-0.25, -0.2) is 4.39 Å². The van der Waals surface area contributed by atoms with E-state index in [2.05, 4.69) is 4.98 Å². The molecule has 88 valence electrons. The van der Waals surface area contributed by atoms with Gasteiger partial charge in [0.25, 0.3) is 0 Å². The topological polar surface area (TPSA) is 38.9 Å². The molecule has 2 nitrogen and oxygen atoms in total. The molecule has 17 heavy (non-hydrogen) atoms. The number of rotatable bonds is 3. The Balaban J connectivity index is 2.16. The number of pyridine rings is 1. The van der Waals surface area contributed by atoms with E-state index in [1.54, 1.807) is 18.5 Å². The summed E-state index contributed by atoms with van der Waals surface area (Å²) < 4.78 is 13.0. The van der Waals surface area contributed by atoms with Crippen molar-refractivity contribution in [3.05, 3.63) is 65.2 Å². The molecule has 3 heteroatoms. The first kappa shape index (κ1) is 11.7. The van der Waals surface area contributed by atoms with E-state index in [-0.39, 0.29) is 11.9 Å². The number of hydrogen-bond donors (Lipinski definition) is 1. The summed E-state index contributed by atoms with van der Waals surface area (Å²) in [6.45, 7) is 1.90. The van der Waals surface area contributed by atoms with Crippen LogP contribution in [0, 0.1) is 12.7 Å². The minimum absolute atomic E-state index is 0.0813. The number of benzene rings is 1. The molecule has 1 aromatic heterocycles. The maximum Gasteiger partial charge on any atom is 0.123 e. The molecule has 0 spiro atoms. The molecule has 0 aliphatic rings. The van der Waals surface area contributed by atoms with E-state index in [9.17, 15) is 4.39 Å². The molecule has 2 rings (SSSR count). The van der Waals surface area contributed by atoms with Crippen LogP contribution in [0.2, 0.25) is 0 Å². The molecule has 1 heterocycles. The van der Waals surface area contributed by atoms with Gasteiger partial charge in [-0.3, -0.25) is 4.98 Å². The molecule has 2 N–H and O–H groups in total. The van der Waals surface area contributed by atoms with Crippen molar-refractivity contribution < 1.29 is 4.39 Å². The smallest absolute Gasteiger partial charge is 0.123 e. The van der Waals surface area contributed by atoms with Gasteiger partial charge in [-0.2, -0.15) is 0 Å². The van der Waals surface area contributed by atoms with E-state index in [1.165, 1.54) is 12.1 Å². The van der Waals surface area contributed by atoms with Gasteiger partial charge >= 0.3 is 0 Å². The average molecular weight is 230 g/mol. The summed E-state index contributed by atoms with van der Waals surface area (Å²) in [5.74, 6) is -0.205. The van der Waals surface area contributed by atoms with Crippen molar-refractivity contribution in [2.24, 2.45) is 5.73 Å². The summed E-state index contributed by atoms with van der Waals surface area (Å²) in [4.78, 5) is 3.96. The fraction of sp³-hybridized carbons (Fsp3) is 0.214. The van der Waals surface area contributed by atoms with Crippen molar-refractivity contribution in [3.63, 3.8) is 0 Å². The van der Waals surface area contributed by atoms with Crippen molar-refractivity contribution in [3.8, 4) is 0 Å². The van der Waals surface area contributed by atoms with Crippen molar-refractivity contribution in [1.82, 2.24) is 4.98 Å². The van der Waals surface area contributed by atoms with Crippen LogP contribution in [-0.2, 0) is 6.42 Å². The Morgan fingerprint density at radius 3 is 2.59 bits per heavy atom. The van der Waals surface area contributed by atoms with Gasteiger partial charge in [0.15, 0.2) is 0 Å². The number of aromatic nitrogens is 1. The zero-order valence-electron chi connectivity index (χ0n) is 9.73. The van der Waals surface area contributed by atoms with E-state index in [0.717, 1.165) is 16.7 Å². The summed E-state index contributed by atoms with van der Waals surface area (Å²) >= 11 is 0. The highest BCUT2D eigenvalue weighted by atomic mass is 19.1. The molecule has 0 amide bonds. The standard InChI is InChI=1S/C14H15FN2/c1-10-8-13(15)3-2-12(10)9-14(16)11-4-6-17-7-5-11/h2-8,14H,9,16H2,1H3. The molecule has 1 unspecified atom stereocenters. The van der Waals surface area contributed by atoms with Gasteiger partial charge in [-0.05, 0) is 54.3 Å². The van der Waals surface area contributed by atoms with Gasteiger partial charge in [0.05, 0.1) is 0 Å². The van der Waals surface area contributed by atoms with Crippen LogP contribution < -0.4 is 5.73 Å². The molecule has 1 atom stereocenters. The quantitative estimate of drug-likeness (QED) is 0.880. The number of nitrogens with two attached hydrogens (primary N) is 1. The lowest BCUT2D eigenvalue weighted by Gasteiger charge is -2.13. The van der Waals surface area contributed by atoms with E-state index >= 15 is 0 Å². The number of aryl methyl sites for hydroxylation is 1. The molecular weight excluding hydrogens is 215 g/mol. The van der Waals surface area contributed by atoms with Gasteiger partial charge in [0.1, 0.15) is 5.82 Å². The van der Waals surface area contributed by atoms with Crippen molar-refractivity contribution in [1.29, 1.82) is 0 Å². The van der Waals surface area contributed by atoms with Crippen LogP contribution in [0.15, 0.2) is 42.7 Å². The number of nitrogens with zero attached hydrogens (tertiary/aromatic N) is 1. The second kappa shape index (κ2) is 5.06. The number of hydrogen-bond acceptors (Lipinski definition) is 2. The maximum absolute atomic E-state index is 13.0. The second-order valence-electron chi connectivity index (χ2n) is 4.16. The Kier molecular flexibility index (Phi) is 3.49. The van der Waals surface area contributed by atoms with Gasteiger partial charge in [-0.1, -0.05) is 6.07 Å². The lowest BCUT2D eigenvalue weighted by atomic mass is 9.97. The first-order chi connectivity index (χ1) is 8.16. The molecule has 0 fully saturated rings. The Hall–Kier alpha value is -1.74. The zero-order valence-corrected chi connectivity index (χ0v) is 9.73. The third-order valence-corrected chi connectivity index (χ3v) is 2.88. The fourth-order valence-electron chi connectivity index (χ4n) is 1.85. The highest BCUT2D eigenvalue weighted by molar-refractivity contribution is 5.29. The first-order valence-corrected chi connectivity index (χ1v) is 5.57. The molecule has 0 radical (unpaired) electrons. The van der Waals surface area contributed by atoms with Gasteiger partial charge in [-0.15, -0.1) is 0 Å². The predicted molar refractivity (Wildman–Crippen MR) is 66.0 cm³/mol. The van der Waals surface area contributed by atoms with Gasteiger partial charge in [0, 0.05) is 18.4 Å². The summed E-state index contributed by atoms with van der Waals surface area (Å²) in [6, 6.07) is 8.54. The molecule has 2 aromatic rings. The van der Waals surface area contributed by atoms with Crippen molar-refractivity contribution in [2.75, 3.05) is 0 Å². The maximum atomic E-state index is 13.0.